The Morgan fingerprint density at radius 3 is 2.50 bits per heavy atom. The highest BCUT2D eigenvalue weighted by molar-refractivity contribution is 6.09. The van der Waals surface area contributed by atoms with Crippen LogP contribution in [0.2, 0.25) is 0 Å². The second-order valence-corrected chi connectivity index (χ2v) is 6.49. The van der Waals surface area contributed by atoms with Gasteiger partial charge in [-0.05, 0) is 36.8 Å². The number of nitrogens with one attached hydrogen (secondary N) is 2. The molecule has 0 radical (unpaired) electrons. The van der Waals surface area contributed by atoms with E-state index >= 15 is 0 Å². The van der Waals surface area contributed by atoms with Crippen molar-refractivity contribution < 1.29 is 27.2 Å². The molecule has 0 saturated carbocycles. The molecule has 2 amide bonds. The van der Waals surface area contributed by atoms with Gasteiger partial charge in [-0.25, -0.2) is 14.1 Å². The highest BCUT2D eigenvalue weighted by atomic mass is 19.4. The van der Waals surface area contributed by atoms with Crippen molar-refractivity contribution in [3.05, 3.63) is 70.4 Å². The zero-order valence-corrected chi connectivity index (χ0v) is 16.6. The van der Waals surface area contributed by atoms with Crippen molar-refractivity contribution in [2.45, 2.75) is 13.1 Å². The Bertz CT molecular complexity index is 1260. The molecule has 0 fully saturated rings. The molecule has 1 aromatic carbocycles. The van der Waals surface area contributed by atoms with E-state index in [0.717, 1.165) is 12.3 Å². The number of alkyl halides is 3. The van der Waals surface area contributed by atoms with E-state index in [0.29, 0.717) is 16.3 Å². The predicted molar refractivity (Wildman–Crippen MR) is 104 cm³/mol. The van der Waals surface area contributed by atoms with Crippen molar-refractivity contribution in [2.24, 2.45) is 0 Å². The summed E-state index contributed by atoms with van der Waals surface area (Å²) >= 11 is 0. The lowest BCUT2D eigenvalue weighted by Gasteiger charge is -2.14. The standard InChI is InChI=1S/C20H14F4N6O2/c1-10-6-11(9-25)7-12(18(31)26-2)16(10)28-19(32)14-8-15(20(22,23)24)29-30(14)17-13(21)4-3-5-27-17/h3-8H,1-2H3,(H,26,31)(H,28,32). The second-order valence-electron chi connectivity index (χ2n) is 6.49. The van der Waals surface area contributed by atoms with Gasteiger partial charge in [0, 0.05) is 19.3 Å². The largest absolute Gasteiger partial charge is 0.435 e. The van der Waals surface area contributed by atoms with Crippen LogP contribution in [-0.4, -0.2) is 33.6 Å². The minimum atomic E-state index is -4.91. The number of hydrogen-bond acceptors (Lipinski definition) is 5. The summed E-state index contributed by atoms with van der Waals surface area (Å²) in [5.41, 5.74) is -1.77. The number of halogens is 4. The fourth-order valence-electron chi connectivity index (χ4n) is 2.88. The van der Waals surface area contributed by atoms with E-state index in [1.165, 1.54) is 32.2 Å². The monoisotopic (exact) mass is 446 g/mol. The molecule has 0 spiro atoms. The van der Waals surface area contributed by atoms with Crippen LogP contribution in [0.15, 0.2) is 36.5 Å². The van der Waals surface area contributed by atoms with E-state index in [1.807, 2.05) is 6.07 Å². The topological polar surface area (TPSA) is 113 Å². The Balaban J connectivity index is 2.14. The zero-order chi connectivity index (χ0) is 23.6. The first-order valence-corrected chi connectivity index (χ1v) is 8.93. The summed E-state index contributed by atoms with van der Waals surface area (Å²) in [6, 6.07) is 7.11. The van der Waals surface area contributed by atoms with E-state index < -0.39 is 41.0 Å². The molecule has 164 valence electrons. The molecule has 2 heterocycles. The molecule has 0 aliphatic heterocycles. The number of amides is 2. The molecule has 32 heavy (non-hydrogen) atoms. The lowest BCUT2D eigenvalue weighted by molar-refractivity contribution is -0.141. The average Bonchev–Trinajstić information content (AvgIpc) is 3.20. The van der Waals surface area contributed by atoms with Crippen LogP contribution < -0.4 is 10.6 Å². The summed E-state index contributed by atoms with van der Waals surface area (Å²) in [6.45, 7) is 1.50. The third-order valence-electron chi connectivity index (χ3n) is 4.35. The summed E-state index contributed by atoms with van der Waals surface area (Å²) in [5.74, 6) is -3.35. The number of hydrogen-bond donors (Lipinski definition) is 2. The number of rotatable bonds is 4. The van der Waals surface area contributed by atoms with Crippen LogP contribution in [0.25, 0.3) is 5.82 Å². The van der Waals surface area contributed by atoms with E-state index in [-0.39, 0.29) is 16.8 Å². The first kappa shape index (κ1) is 22.4. The van der Waals surface area contributed by atoms with Gasteiger partial charge in [0.05, 0.1) is 22.9 Å². The molecular weight excluding hydrogens is 432 g/mol. The quantitative estimate of drug-likeness (QED) is 0.598. The molecule has 2 aromatic heterocycles. The van der Waals surface area contributed by atoms with Gasteiger partial charge in [0.1, 0.15) is 5.69 Å². The Hall–Kier alpha value is -4.27. The molecule has 3 rings (SSSR count). The first-order chi connectivity index (χ1) is 15.1. The minimum Gasteiger partial charge on any atom is -0.355 e. The van der Waals surface area contributed by atoms with Crippen LogP contribution in [0.1, 0.15) is 37.7 Å². The third kappa shape index (κ3) is 4.27. The van der Waals surface area contributed by atoms with Crippen molar-refractivity contribution in [3.63, 3.8) is 0 Å². The number of benzene rings is 1. The van der Waals surface area contributed by atoms with Crippen LogP contribution in [-0.2, 0) is 6.18 Å². The van der Waals surface area contributed by atoms with Crippen molar-refractivity contribution in [3.8, 4) is 11.9 Å². The fraction of sp³-hybridized carbons (Fsp3) is 0.150. The predicted octanol–water partition coefficient (Wildman–Crippen LogP) is 3.22. The highest BCUT2D eigenvalue weighted by Gasteiger charge is 2.37. The van der Waals surface area contributed by atoms with Crippen LogP contribution in [0.3, 0.4) is 0 Å². The molecule has 0 saturated heterocycles. The number of aryl methyl sites for hydroxylation is 1. The Kier molecular flexibility index (Phi) is 5.93. The maximum Gasteiger partial charge on any atom is 0.435 e. The average molecular weight is 446 g/mol. The van der Waals surface area contributed by atoms with Gasteiger partial charge in [0.15, 0.2) is 17.3 Å². The first-order valence-electron chi connectivity index (χ1n) is 8.93. The molecule has 0 aliphatic rings. The van der Waals surface area contributed by atoms with Crippen molar-refractivity contribution >= 4 is 17.5 Å². The van der Waals surface area contributed by atoms with E-state index in [1.54, 1.807) is 0 Å². The summed E-state index contributed by atoms with van der Waals surface area (Å²) in [4.78, 5) is 28.9. The number of carbonyl (C=O) groups excluding carboxylic acids is 2. The SMILES string of the molecule is CNC(=O)c1cc(C#N)cc(C)c1NC(=O)c1cc(C(F)(F)F)nn1-c1ncccc1F. The van der Waals surface area contributed by atoms with Crippen molar-refractivity contribution in [1.82, 2.24) is 20.1 Å². The summed E-state index contributed by atoms with van der Waals surface area (Å²) in [5, 5.41) is 17.2. The number of anilines is 1. The lowest BCUT2D eigenvalue weighted by Crippen LogP contribution is -2.24. The van der Waals surface area contributed by atoms with Gasteiger partial charge >= 0.3 is 6.18 Å². The molecular formula is C20H14F4N6O2. The van der Waals surface area contributed by atoms with Crippen LogP contribution >= 0.6 is 0 Å². The number of carbonyl (C=O) groups is 2. The Morgan fingerprint density at radius 1 is 1.19 bits per heavy atom. The Labute approximate surface area is 178 Å². The molecule has 0 atom stereocenters. The lowest BCUT2D eigenvalue weighted by atomic mass is 10.0. The number of aromatic nitrogens is 3. The van der Waals surface area contributed by atoms with Crippen LogP contribution in [0.5, 0.6) is 0 Å². The van der Waals surface area contributed by atoms with Crippen LogP contribution in [0, 0.1) is 24.1 Å². The normalized spacial score (nSPS) is 11.0. The van der Waals surface area contributed by atoms with Gasteiger partial charge < -0.3 is 10.6 Å². The summed E-state index contributed by atoms with van der Waals surface area (Å²) in [7, 11) is 1.33. The fourth-order valence-corrected chi connectivity index (χ4v) is 2.88. The number of pyridine rings is 1. The van der Waals surface area contributed by atoms with Gasteiger partial charge in [-0.2, -0.15) is 23.5 Å². The molecule has 3 aromatic rings. The van der Waals surface area contributed by atoms with Gasteiger partial charge in [-0.3, -0.25) is 9.59 Å². The number of nitriles is 1. The van der Waals surface area contributed by atoms with E-state index in [9.17, 15) is 27.2 Å². The van der Waals surface area contributed by atoms with E-state index in [4.69, 9.17) is 5.26 Å². The zero-order valence-electron chi connectivity index (χ0n) is 16.6. The van der Waals surface area contributed by atoms with Gasteiger partial charge in [0.25, 0.3) is 11.8 Å². The van der Waals surface area contributed by atoms with Crippen LogP contribution in [0.4, 0.5) is 23.2 Å². The molecule has 0 aliphatic carbocycles. The van der Waals surface area contributed by atoms with Gasteiger partial charge in [-0.15, -0.1) is 0 Å². The summed E-state index contributed by atoms with van der Waals surface area (Å²) < 4.78 is 54.4. The smallest absolute Gasteiger partial charge is 0.355 e. The highest BCUT2D eigenvalue weighted by Crippen LogP contribution is 2.30. The van der Waals surface area contributed by atoms with Gasteiger partial charge in [-0.1, -0.05) is 0 Å². The molecule has 0 bridgehead atoms. The minimum absolute atomic E-state index is 0.0313. The maximum atomic E-state index is 14.2. The van der Waals surface area contributed by atoms with Crippen molar-refractivity contribution in [1.29, 1.82) is 5.26 Å². The Morgan fingerprint density at radius 2 is 1.91 bits per heavy atom. The molecule has 12 heteroatoms. The third-order valence-corrected chi connectivity index (χ3v) is 4.35. The molecule has 0 unspecified atom stereocenters. The summed E-state index contributed by atoms with van der Waals surface area (Å²) in [6.07, 6.45) is -3.79. The van der Waals surface area contributed by atoms with E-state index in [2.05, 4.69) is 20.7 Å². The molecule has 8 nitrogen and oxygen atoms in total. The molecule has 2 N–H and O–H groups in total. The second kappa shape index (κ2) is 8.46. The maximum absolute atomic E-state index is 14.2. The van der Waals surface area contributed by atoms with Crippen molar-refractivity contribution in [2.75, 3.05) is 12.4 Å². The van der Waals surface area contributed by atoms with Gasteiger partial charge in [0.2, 0.25) is 0 Å². The number of nitrogens with zero attached hydrogens (tertiary/aromatic N) is 4.